The van der Waals surface area contributed by atoms with E-state index in [0.717, 1.165) is 42.6 Å². The Morgan fingerprint density at radius 3 is 2.25 bits per heavy atom. The lowest BCUT2D eigenvalue weighted by atomic mass is 9.93. The Morgan fingerprint density at radius 1 is 1.11 bits per heavy atom. The van der Waals surface area contributed by atoms with E-state index >= 15 is 0 Å². The van der Waals surface area contributed by atoms with Crippen molar-refractivity contribution in [3.63, 3.8) is 0 Å². The van der Waals surface area contributed by atoms with Crippen LogP contribution in [0, 0.1) is 19.3 Å². The molecule has 4 N–H and O–H groups in total. The Morgan fingerprint density at radius 2 is 1.71 bits per heavy atom. The van der Waals surface area contributed by atoms with Crippen molar-refractivity contribution in [1.29, 1.82) is 0 Å². The first-order valence-corrected chi connectivity index (χ1v) is 11.5. The molecule has 1 heterocycles. The van der Waals surface area contributed by atoms with Crippen LogP contribution >= 0.6 is 0 Å². The molecule has 1 saturated carbocycles. The maximum atomic E-state index is 12.8. The maximum Gasteiger partial charge on any atom is 0.296 e. The first-order valence-electron chi connectivity index (χ1n) is 9.95. The minimum atomic E-state index is -3.92. The molecule has 7 nitrogen and oxygen atoms in total. The van der Waals surface area contributed by atoms with Crippen LogP contribution in [0.5, 0.6) is 0 Å². The molecule has 1 aliphatic heterocycles. The number of nitrogens with two attached hydrogens (primary N) is 1. The van der Waals surface area contributed by atoms with E-state index in [1.807, 2.05) is 34.6 Å². The number of hydrogen-bond acceptors (Lipinski definition) is 4. The zero-order valence-electron chi connectivity index (χ0n) is 17.5. The lowest BCUT2D eigenvalue weighted by Crippen LogP contribution is -2.34. The largest absolute Gasteiger partial charge is 0.366 e. The molecule has 1 aromatic carbocycles. The maximum absolute atomic E-state index is 12.8. The Labute approximate surface area is 168 Å². The van der Waals surface area contributed by atoms with E-state index in [0.29, 0.717) is 23.0 Å². The smallest absolute Gasteiger partial charge is 0.296 e. The number of carbonyl (C=O) groups is 1. The highest BCUT2D eigenvalue weighted by molar-refractivity contribution is 7.90. The summed E-state index contributed by atoms with van der Waals surface area (Å²) in [6.45, 7) is 10.2. The van der Waals surface area contributed by atoms with E-state index in [4.69, 9.17) is 5.14 Å². The van der Waals surface area contributed by atoms with Crippen LogP contribution < -0.4 is 20.1 Å². The third-order valence-corrected chi connectivity index (χ3v) is 6.41. The molecule has 1 fully saturated rings. The number of carbonyl (C=O) groups excluding carboxylic acids is 1. The van der Waals surface area contributed by atoms with Gasteiger partial charge in [0, 0.05) is 18.0 Å². The van der Waals surface area contributed by atoms with Crippen LogP contribution in [0.1, 0.15) is 63.1 Å². The standard InChI is InChI=1S/C20H32N4O3S/c1-12-15-10-11-24(14-8-6-7-9-14)18(15)17(22-19(25)20(3,4)5)13(2)16(12)23-28(21,26)27/h14,23H,6-11H2,1-5H3,(H,22,25)(H2,21,26,27). The minimum Gasteiger partial charge on any atom is -0.366 e. The lowest BCUT2D eigenvalue weighted by molar-refractivity contribution is -0.123. The summed E-state index contributed by atoms with van der Waals surface area (Å²) >= 11 is 0. The quantitative estimate of drug-likeness (QED) is 0.711. The fourth-order valence-electron chi connectivity index (χ4n) is 4.36. The normalized spacial score (nSPS) is 17.7. The van der Waals surface area contributed by atoms with Gasteiger partial charge in [-0.3, -0.25) is 9.52 Å². The van der Waals surface area contributed by atoms with Gasteiger partial charge in [-0.25, -0.2) is 5.14 Å². The molecular weight excluding hydrogens is 376 g/mol. The molecule has 0 atom stereocenters. The molecule has 3 rings (SSSR count). The van der Waals surface area contributed by atoms with Gasteiger partial charge in [0.25, 0.3) is 10.2 Å². The van der Waals surface area contributed by atoms with E-state index < -0.39 is 15.6 Å². The van der Waals surface area contributed by atoms with Crippen LogP contribution in [-0.4, -0.2) is 26.9 Å². The molecule has 0 bridgehead atoms. The molecule has 8 heteroatoms. The predicted molar refractivity (Wildman–Crippen MR) is 114 cm³/mol. The van der Waals surface area contributed by atoms with Crippen molar-refractivity contribution >= 4 is 33.2 Å². The third-order valence-electron chi connectivity index (χ3n) is 5.92. The molecular formula is C20H32N4O3S. The van der Waals surface area contributed by atoms with Gasteiger partial charge in [-0.1, -0.05) is 33.6 Å². The summed E-state index contributed by atoms with van der Waals surface area (Å²) in [6.07, 6.45) is 5.59. The van der Waals surface area contributed by atoms with E-state index in [1.54, 1.807) is 0 Å². The molecule has 1 aliphatic carbocycles. The third kappa shape index (κ3) is 3.98. The number of anilines is 3. The number of hydrogen-bond donors (Lipinski definition) is 3. The molecule has 28 heavy (non-hydrogen) atoms. The van der Waals surface area contributed by atoms with Crippen molar-refractivity contribution in [1.82, 2.24) is 0 Å². The van der Waals surface area contributed by atoms with Crippen LogP contribution in [0.15, 0.2) is 0 Å². The van der Waals surface area contributed by atoms with Gasteiger partial charge in [-0.15, -0.1) is 0 Å². The Kier molecular flexibility index (Phi) is 5.40. The van der Waals surface area contributed by atoms with Crippen molar-refractivity contribution in [2.75, 3.05) is 21.5 Å². The van der Waals surface area contributed by atoms with Crippen LogP contribution in [0.3, 0.4) is 0 Å². The number of fused-ring (bicyclic) bond motifs is 1. The zero-order valence-corrected chi connectivity index (χ0v) is 18.3. The number of rotatable bonds is 4. The predicted octanol–water partition coefficient (Wildman–Crippen LogP) is 3.21. The summed E-state index contributed by atoms with van der Waals surface area (Å²) in [6, 6.07) is 0.474. The molecule has 2 aliphatic rings. The summed E-state index contributed by atoms with van der Waals surface area (Å²) in [4.78, 5) is 15.2. The van der Waals surface area contributed by atoms with E-state index in [1.165, 1.54) is 12.8 Å². The van der Waals surface area contributed by atoms with Crippen molar-refractivity contribution in [3.8, 4) is 0 Å². The molecule has 1 amide bonds. The van der Waals surface area contributed by atoms with Gasteiger partial charge in [-0.2, -0.15) is 8.42 Å². The molecule has 156 valence electrons. The van der Waals surface area contributed by atoms with Gasteiger partial charge in [0.1, 0.15) is 0 Å². The monoisotopic (exact) mass is 408 g/mol. The lowest BCUT2D eigenvalue weighted by Gasteiger charge is -2.31. The van der Waals surface area contributed by atoms with Crippen molar-refractivity contribution in [3.05, 3.63) is 16.7 Å². The first kappa shape index (κ1) is 20.9. The van der Waals surface area contributed by atoms with Gasteiger partial charge < -0.3 is 10.2 Å². The van der Waals surface area contributed by atoms with Gasteiger partial charge in [0.2, 0.25) is 5.91 Å². The van der Waals surface area contributed by atoms with E-state index in [-0.39, 0.29) is 5.91 Å². The summed E-state index contributed by atoms with van der Waals surface area (Å²) in [7, 11) is -3.92. The zero-order chi connectivity index (χ0) is 20.9. The highest BCUT2D eigenvalue weighted by atomic mass is 32.2. The Balaban J connectivity index is 2.17. The second-order valence-corrected chi connectivity index (χ2v) is 10.4. The minimum absolute atomic E-state index is 0.0959. The molecule has 0 radical (unpaired) electrons. The fraction of sp³-hybridized carbons (Fsp3) is 0.650. The molecule has 1 aromatic rings. The molecule has 0 spiro atoms. The van der Waals surface area contributed by atoms with Crippen LogP contribution in [0.25, 0.3) is 0 Å². The first-order chi connectivity index (χ1) is 12.9. The summed E-state index contributed by atoms with van der Waals surface area (Å²) in [5.74, 6) is -0.0959. The van der Waals surface area contributed by atoms with E-state index in [9.17, 15) is 13.2 Å². The SMILES string of the molecule is Cc1c2c(c(NC(=O)C(C)(C)C)c(C)c1NS(N)(=O)=O)N(C1CCCC1)CC2. The van der Waals surface area contributed by atoms with E-state index in [2.05, 4.69) is 14.9 Å². The van der Waals surface area contributed by atoms with Crippen LogP contribution in [0.4, 0.5) is 17.1 Å². The number of nitrogens with zero attached hydrogens (tertiary/aromatic N) is 1. The fourth-order valence-corrected chi connectivity index (χ4v) is 4.95. The van der Waals surface area contributed by atoms with Crippen molar-refractivity contribution < 1.29 is 13.2 Å². The second kappa shape index (κ2) is 7.22. The highest BCUT2D eigenvalue weighted by Gasteiger charge is 2.35. The summed E-state index contributed by atoms with van der Waals surface area (Å²) in [5, 5.41) is 8.36. The Bertz CT molecular complexity index is 897. The molecule has 0 aromatic heterocycles. The van der Waals surface area contributed by atoms with Crippen molar-refractivity contribution in [2.24, 2.45) is 10.6 Å². The topological polar surface area (TPSA) is 105 Å². The number of benzene rings is 1. The van der Waals surface area contributed by atoms with Crippen molar-refractivity contribution in [2.45, 2.75) is 72.8 Å². The number of amides is 1. The molecule has 0 saturated heterocycles. The number of nitrogens with one attached hydrogen (secondary N) is 2. The van der Waals surface area contributed by atoms with Crippen LogP contribution in [-0.2, 0) is 21.4 Å². The average Bonchev–Trinajstić information content (AvgIpc) is 3.22. The summed E-state index contributed by atoms with van der Waals surface area (Å²) < 4.78 is 25.9. The molecule has 0 unspecified atom stereocenters. The van der Waals surface area contributed by atoms with Crippen LogP contribution in [0.2, 0.25) is 0 Å². The van der Waals surface area contributed by atoms with Gasteiger partial charge in [0.15, 0.2) is 0 Å². The highest BCUT2D eigenvalue weighted by Crippen LogP contribution is 2.47. The van der Waals surface area contributed by atoms with Gasteiger partial charge >= 0.3 is 0 Å². The average molecular weight is 409 g/mol. The Hall–Kier alpha value is -1.80. The second-order valence-electron chi connectivity index (χ2n) is 9.06. The van der Waals surface area contributed by atoms with Gasteiger partial charge in [-0.05, 0) is 49.8 Å². The van der Waals surface area contributed by atoms with Gasteiger partial charge in [0.05, 0.1) is 17.1 Å². The summed E-state index contributed by atoms with van der Waals surface area (Å²) in [5.41, 5.74) is 4.35.